The number of thioether (sulfide) groups is 1. The van der Waals surface area contributed by atoms with Crippen molar-refractivity contribution >= 4 is 16.8 Å². The van der Waals surface area contributed by atoms with E-state index < -0.39 is 0 Å². The largest absolute Gasteiger partial charge is 0.289 e. The summed E-state index contributed by atoms with van der Waals surface area (Å²) in [6.45, 7) is 2.18. The molecule has 0 saturated heterocycles. The van der Waals surface area contributed by atoms with Crippen molar-refractivity contribution in [2.24, 2.45) is 5.10 Å². The topological polar surface area (TPSA) is 24.4 Å². The molecule has 0 unspecified atom stereocenters. The monoisotopic (exact) mass is 268 g/mol. The Morgan fingerprint density at radius 2 is 1.63 bits per heavy atom. The predicted molar refractivity (Wildman–Crippen MR) is 82.1 cm³/mol. The Balaban J connectivity index is 1.73. The van der Waals surface area contributed by atoms with Gasteiger partial charge >= 0.3 is 0 Å². The number of rotatable bonds is 3. The first kappa shape index (κ1) is 12.3. The van der Waals surface area contributed by atoms with Crippen molar-refractivity contribution in [2.75, 3.05) is 0 Å². The van der Waals surface area contributed by atoms with E-state index in [1.807, 2.05) is 12.1 Å². The van der Waals surface area contributed by atoms with Crippen LogP contribution in [0.1, 0.15) is 18.1 Å². The van der Waals surface area contributed by atoms with Gasteiger partial charge < -0.3 is 0 Å². The Labute approximate surface area is 117 Å². The quantitative estimate of drug-likeness (QED) is 0.916. The van der Waals surface area contributed by atoms with Crippen LogP contribution in [0.5, 0.6) is 0 Å². The van der Waals surface area contributed by atoms with E-state index in [0.29, 0.717) is 0 Å². The second-order valence-corrected chi connectivity index (χ2v) is 6.27. The molecular formula is C16H16N2S. The fourth-order valence-corrected chi connectivity index (χ4v) is 3.32. The lowest BCUT2D eigenvalue weighted by Gasteiger charge is -2.23. The van der Waals surface area contributed by atoms with E-state index >= 15 is 0 Å². The van der Waals surface area contributed by atoms with Crippen LogP contribution in [0.3, 0.4) is 0 Å². The highest BCUT2D eigenvalue weighted by atomic mass is 32.2. The van der Waals surface area contributed by atoms with E-state index in [2.05, 4.69) is 66.0 Å². The van der Waals surface area contributed by atoms with E-state index in [4.69, 9.17) is 0 Å². The summed E-state index contributed by atoms with van der Waals surface area (Å²) < 4.78 is 0. The maximum absolute atomic E-state index is 4.49. The van der Waals surface area contributed by atoms with Crippen molar-refractivity contribution in [3.63, 3.8) is 0 Å². The minimum atomic E-state index is -0.147. The van der Waals surface area contributed by atoms with Crippen LogP contribution < -0.4 is 5.43 Å². The fourth-order valence-electron chi connectivity index (χ4n) is 2.18. The van der Waals surface area contributed by atoms with Gasteiger partial charge in [0.1, 0.15) is 9.91 Å². The molecule has 3 rings (SSSR count). The summed E-state index contributed by atoms with van der Waals surface area (Å²) in [6, 6.07) is 20.9. The number of nitrogens with one attached hydrogen (secondary N) is 1. The highest BCUT2D eigenvalue weighted by Crippen LogP contribution is 2.38. The molecule has 0 radical (unpaired) electrons. The normalized spacial score (nSPS) is 21.8. The van der Waals surface area contributed by atoms with Gasteiger partial charge in [-0.2, -0.15) is 5.10 Å². The summed E-state index contributed by atoms with van der Waals surface area (Å²) in [5, 5.41) is 5.63. The van der Waals surface area contributed by atoms with Crippen LogP contribution in [0.2, 0.25) is 0 Å². The third kappa shape index (κ3) is 2.66. The minimum absolute atomic E-state index is 0.147. The van der Waals surface area contributed by atoms with Crippen LogP contribution in [0.25, 0.3) is 0 Å². The number of hydrogen-bond acceptors (Lipinski definition) is 3. The van der Waals surface area contributed by atoms with E-state index in [1.54, 1.807) is 11.8 Å². The van der Waals surface area contributed by atoms with Crippen LogP contribution in [0.15, 0.2) is 65.8 Å². The molecule has 96 valence electrons. The zero-order chi connectivity index (χ0) is 13.1. The Hall–Kier alpha value is -1.74. The number of hydrazone groups is 1. The molecule has 3 heteroatoms. The molecule has 0 aromatic heterocycles. The van der Waals surface area contributed by atoms with Crippen LogP contribution in [0.4, 0.5) is 0 Å². The smallest absolute Gasteiger partial charge is 0.128 e. The molecule has 2 nitrogen and oxygen atoms in total. The molecule has 1 aliphatic rings. The van der Waals surface area contributed by atoms with Crippen molar-refractivity contribution in [1.29, 1.82) is 0 Å². The summed E-state index contributed by atoms with van der Waals surface area (Å²) in [7, 11) is 0. The molecule has 0 fully saturated rings. The lowest BCUT2D eigenvalue weighted by Crippen LogP contribution is -2.28. The molecule has 0 aliphatic carbocycles. The van der Waals surface area contributed by atoms with E-state index in [1.165, 1.54) is 11.1 Å². The van der Waals surface area contributed by atoms with Gasteiger partial charge in [0.25, 0.3) is 0 Å². The third-order valence-electron chi connectivity index (χ3n) is 3.24. The maximum Gasteiger partial charge on any atom is 0.128 e. The van der Waals surface area contributed by atoms with Gasteiger partial charge in [0.2, 0.25) is 0 Å². The maximum atomic E-state index is 4.49. The van der Waals surface area contributed by atoms with E-state index in [0.717, 1.165) is 11.5 Å². The lowest BCUT2D eigenvalue weighted by atomic mass is 10.1. The van der Waals surface area contributed by atoms with Crippen LogP contribution in [-0.4, -0.2) is 5.04 Å². The summed E-state index contributed by atoms with van der Waals surface area (Å²) in [5.41, 5.74) is 5.83. The average molecular weight is 268 g/mol. The molecule has 0 amide bonds. The molecule has 0 spiro atoms. The summed E-state index contributed by atoms with van der Waals surface area (Å²) in [6.07, 6.45) is 0.890. The van der Waals surface area contributed by atoms with Crippen LogP contribution >= 0.6 is 11.8 Å². The highest BCUT2D eigenvalue weighted by molar-refractivity contribution is 8.14. The van der Waals surface area contributed by atoms with Crippen molar-refractivity contribution in [1.82, 2.24) is 5.43 Å². The summed E-state index contributed by atoms with van der Waals surface area (Å²) in [5.74, 6) is 0. The van der Waals surface area contributed by atoms with Gasteiger partial charge in [-0.15, -0.1) is 0 Å². The third-order valence-corrected chi connectivity index (χ3v) is 4.45. The molecule has 1 aliphatic heterocycles. The Morgan fingerprint density at radius 1 is 1.00 bits per heavy atom. The summed E-state index contributed by atoms with van der Waals surface area (Å²) in [4.78, 5) is -0.147. The van der Waals surface area contributed by atoms with Crippen LogP contribution in [-0.2, 0) is 11.3 Å². The second-order valence-electron chi connectivity index (χ2n) is 4.78. The Bertz CT molecular complexity index is 580. The molecule has 0 bridgehead atoms. The first-order chi connectivity index (χ1) is 9.26. The van der Waals surface area contributed by atoms with Gasteiger partial charge in [0.15, 0.2) is 0 Å². The van der Waals surface area contributed by atoms with Gasteiger partial charge in [-0.3, -0.25) is 5.43 Å². The Kier molecular flexibility index (Phi) is 3.30. The number of hydrogen-bond donors (Lipinski definition) is 1. The van der Waals surface area contributed by atoms with Gasteiger partial charge in [-0.1, -0.05) is 72.4 Å². The first-order valence-corrected chi connectivity index (χ1v) is 7.20. The van der Waals surface area contributed by atoms with Gasteiger partial charge in [-0.25, -0.2) is 0 Å². The molecule has 1 atom stereocenters. The zero-order valence-corrected chi connectivity index (χ0v) is 11.7. The second kappa shape index (κ2) is 5.10. The highest BCUT2D eigenvalue weighted by Gasteiger charge is 2.33. The van der Waals surface area contributed by atoms with Gasteiger partial charge in [-0.05, 0) is 18.1 Å². The molecule has 0 saturated carbocycles. The minimum Gasteiger partial charge on any atom is -0.289 e. The molecule has 19 heavy (non-hydrogen) atoms. The first-order valence-electron chi connectivity index (χ1n) is 6.38. The standard InChI is InChI=1S/C16H16N2S/c1-16(14-10-6-3-7-11-14)18-17-15(19-16)12-13-8-4-2-5-9-13/h2-11,18H,12H2,1H3/t16-/m1/s1. The van der Waals surface area contributed by atoms with Crippen molar-refractivity contribution in [3.8, 4) is 0 Å². The average Bonchev–Trinajstić information content (AvgIpc) is 2.84. The lowest BCUT2D eigenvalue weighted by molar-refractivity contribution is 0.562. The molecule has 1 heterocycles. The van der Waals surface area contributed by atoms with Crippen molar-refractivity contribution < 1.29 is 0 Å². The van der Waals surface area contributed by atoms with E-state index in [-0.39, 0.29) is 4.87 Å². The van der Waals surface area contributed by atoms with Gasteiger partial charge in [0.05, 0.1) is 0 Å². The number of benzene rings is 2. The van der Waals surface area contributed by atoms with Crippen molar-refractivity contribution in [3.05, 3.63) is 71.8 Å². The SMILES string of the molecule is C[C@@]1(c2ccccc2)NN=C(Cc2ccccc2)S1. The predicted octanol–water partition coefficient (Wildman–Crippen LogP) is 3.75. The molecular weight excluding hydrogens is 252 g/mol. The molecule has 1 N–H and O–H groups in total. The zero-order valence-electron chi connectivity index (χ0n) is 10.8. The van der Waals surface area contributed by atoms with Crippen LogP contribution in [0, 0.1) is 0 Å². The molecule has 2 aromatic rings. The van der Waals surface area contributed by atoms with Crippen molar-refractivity contribution in [2.45, 2.75) is 18.2 Å². The fraction of sp³-hybridized carbons (Fsp3) is 0.188. The number of nitrogens with zero attached hydrogens (tertiary/aromatic N) is 1. The Morgan fingerprint density at radius 3 is 2.32 bits per heavy atom. The van der Waals surface area contributed by atoms with Gasteiger partial charge in [0, 0.05) is 6.42 Å². The molecule has 2 aromatic carbocycles. The summed E-state index contributed by atoms with van der Waals surface area (Å²) >= 11 is 1.80. The van der Waals surface area contributed by atoms with E-state index in [9.17, 15) is 0 Å².